The average molecular weight is 206 g/mol. The summed E-state index contributed by atoms with van der Waals surface area (Å²) in [4.78, 5) is 0. The molecule has 0 saturated heterocycles. The van der Waals surface area contributed by atoms with Crippen LogP contribution >= 0.6 is 0 Å². The summed E-state index contributed by atoms with van der Waals surface area (Å²) in [5, 5.41) is 18.0. The zero-order valence-electron chi connectivity index (χ0n) is 7.34. The zero-order chi connectivity index (χ0) is 10.9. The summed E-state index contributed by atoms with van der Waals surface area (Å²) in [6.07, 6.45) is -7.25. The molecule has 2 N–H and O–H groups in total. The lowest BCUT2D eigenvalue weighted by molar-refractivity contribution is -0.206. The van der Waals surface area contributed by atoms with E-state index < -0.39 is 12.3 Å². The van der Waals surface area contributed by atoms with Crippen molar-refractivity contribution in [3.8, 4) is 5.75 Å². The molecule has 0 aliphatic rings. The quantitative estimate of drug-likeness (QED) is 0.740. The third kappa shape index (κ3) is 2.17. The molecule has 0 amide bonds. The van der Waals surface area contributed by atoms with Gasteiger partial charge in [-0.1, -0.05) is 12.1 Å². The highest BCUT2D eigenvalue weighted by Crippen LogP contribution is 2.34. The normalized spacial score (nSPS) is 14.1. The minimum atomic E-state index is -4.71. The molecule has 1 rings (SSSR count). The molecule has 0 bridgehead atoms. The van der Waals surface area contributed by atoms with Crippen molar-refractivity contribution in [3.05, 3.63) is 29.3 Å². The van der Waals surface area contributed by atoms with Gasteiger partial charge in [-0.05, 0) is 24.1 Å². The molecule has 5 heteroatoms. The fourth-order valence-electron chi connectivity index (χ4n) is 0.985. The van der Waals surface area contributed by atoms with E-state index in [9.17, 15) is 13.2 Å². The van der Waals surface area contributed by atoms with E-state index in [1.807, 2.05) is 0 Å². The number of hydrogen-bond acceptors (Lipinski definition) is 2. The monoisotopic (exact) mass is 206 g/mol. The van der Waals surface area contributed by atoms with Gasteiger partial charge in [0.05, 0.1) is 0 Å². The molecule has 0 heterocycles. The number of benzene rings is 1. The topological polar surface area (TPSA) is 40.5 Å². The molecule has 0 aromatic heterocycles. The Labute approximate surface area is 78.6 Å². The van der Waals surface area contributed by atoms with E-state index >= 15 is 0 Å². The van der Waals surface area contributed by atoms with Crippen LogP contribution in [-0.2, 0) is 0 Å². The second-order valence-corrected chi connectivity index (χ2v) is 2.99. The molecule has 1 aromatic carbocycles. The molecule has 0 radical (unpaired) electrons. The fourth-order valence-corrected chi connectivity index (χ4v) is 0.985. The van der Waals surface area contributed by atoms with Crippen molar-refractivity contribution in [3.63, 3.8) is 0 Å². The van der Waals surface area contributed by atoms with E-state index in [2.05, 4.69) is 0 Å². The van der Waals surface area contributed by atoms with Crippen molar-refractivity contribution >= 4 is 0 Å². The summed E-state index contributed by atoms with van der Waals surface area (Å²) >= 11 is 0. The molecular formula is C9H9F3O2. The fraction of sp³-hybridized carbons (Fsp3) is 0.333. The predicted molar refractivity (Wildman–Crippen MR) is 43.9 cm³/mol. The van der Waals surface area contributed by atoms with Crippen LogP contribution in [-0.4, -0.2) is 16.4 Å². The number of phenolic OH excluding ortho intramolecular Hbond substituents is 1. The molecular weight excluding hydrogens is 197 g/mol. The maximum Gasteiger partial charge on any atom is 0.418 e. The van der Waals surface area contributed by atoms with Gasteiger partial charge in [-0.25, -0.2) is 0 Å². The van der Waals surface area contributed by atoms with E-state index in [0.717, 1.165) is 12.1 Å². The molecule has 0 aliphatic carbocycles. The number of phenols is 1. The van der Waals surface area contributed by atoms with Crippen molar-refractivity contribution in [2.24, 2.45) is 0 Å². The Kier molecular flexibility index (Phi) is 2.71. The maximum atomic E-state index is 12.0. The molecule has 1 atom stereocenters. The Morgan fingerprint density at radius 2 is 1.86 bits per heavy atom. The van der Waals surface area contributed by atoms with E-state index in [1.165, 1.54) is 6.07 Å². The Morgan fingerprint density at radius 1 is 1.29 bits per heavy atom. The molecule has 2 nitrogen and oxygen atoms in total. The predicted octanol–water partition coefficient (Wildman–Crippen LogP) is 2.30. The first-order valence-corrected chi connectivity index (χ1v) is 3.86. The number of halogens is 3. The first-order chi connectivity index (χ1) is 6.32. The maximum absolute atomic E-state index is 12.0. The number of aliphatic hydroxyl groups excluding tert-OH is 1. The smallest absolute Gasteiger partial charge is 0.418 e. The zero-order valence-corrected chi connectivity index (χ0v) is 7.34. The molecule has 0 unspecified atom stereocenters. The summed E-state index contributed by atoms with van der Waals surface area (Å²) in [7, 11) is 0. The summed E-state index contributed by atoms with van der Waals surface area (Å²) in [5.74, 6) is -0.259. The molecule has 1 aromatic rings. The first-order valence-electron chi connectivity index (χ1n) is 3.86. The minimum absolute atomic E-state index is 0.259. The van der Waals surface area contributed by atoms with E-state index in [0.29, 0.717) is 5.56 Å². The first kappa shape index (κ1) is 10.8. The van der Waals surface area contributed by atoms with Crippen LogP contribution in [0.5, 0.6) is 5.75 Å². The van der Waals surface area contributed by atoms with Crippen LogP contribution < -0.4 is 0 Å². The number of alkyl halides is 3. The summed E-state index contributed by atoms with van der Waals surface area (Å²) in [6, 6.07) is 3.36. The second kappa shape index (κ2) is 3.49. The number of rotatable bonds is 1. The van der Waals surface area contributed by atoms with Crippen molar-refractivity contribution < 1.29 is 23.4 Å². The van der Waals surface area contributed by atoms with Crippen LogP contribution in [0.4, 0.5) is 13.2 Å². The van der Waals surface area contributed by atoms with Gasteiger partial charge in [-0.2, -0.15) is 13.2 Å². The Bertz CT molecular complexity index is 333. The van der Waals surface area contributed by atoms with E-state index in [-0.39, 0.29) is 11.3 Å². The molecule has 78 valence electrons. The molecule has 0 spiro atoms. The number of hydrogen-bond donors (Lipinski definition) is 2. The van der Waals surface area contributed by atoms with E-state index in [4.69, 9.17) is 10.2 Å². The van der Waals surface area contributed by atoms with Crippen LogP contribution in [0.15, 0.2) is 18.2 Å². The van der Waals surface area contributed by atoms with Crippen molar-refractivity contribution in [2.45, 2.75) is 19.2 Å². The number of aliphatic hydroxyl groups is 1. The molecule has 0 aliphatic heterocycles. The Hall–Kier alpha value is -1.23. The lowest BCUT2D eigenvalue weighted by Crippen LogP contribution is -2.20. The average Bonchev–Trinajstić information content (AvgIpc) is 2.07. The summed E-state index contributed by atoms with van der Waals surface area (Å²) in [5.41, 5.74) is 0.101. The molecule has 14 heavy (non-hydrogen) atoms. The van der Waals surface area contributed by atoms with Crippen LogP contribution in [0.2, 0.25) is 0 Å². The van der Waals surface area contributed by atoms with Crippen molar-refractivity contribution in [1.82, 2.24) is 0 Å². The van der Waals surface area contributed by atoms with Crippen LogP contribution in [0.3, 0.4) is 0 Å². The summed E-state index contributed by atoms with van der Waals surface area (Å²) < 4.78 is 36.1. The number of aromatic hydroxyl groups is 1. The third-order valence-corrected chi connectivity index (χ3v) is 1.86. The van der Waals surface area contributed by atoms with Gasteiger partial charge < -0.3 is 10.2 Å². The second-order valence-electron chi connectivity index (χ2n) is 2.99. The van der Waals surface area contributed by atoms with Gasteiger partial charge in [0, 0.05) is 0 Å². The van der Waals surface area contributed by atoms with Gasteiger partial charge >= 0.3 is 6.18 Å². The van der Waals surface area contributed by atoms with Crippen LogP contribution in [0.1, 0.15) is 17.2 Å². The highest BCUT2D eigenvalue weighted by atomic mass is 19.4. The van der Waals surface area contributed by atoms with Gasteiger partial charge in [-0.3, -0.25) is 0 Å². The largest absolute Gasteiger partial charge is 0.508 e. The van der Waals surface area contributed by atoms with Crippen molar-refractivity contribution in [1.29, 1.82) is 0 Å². The third-order valence-electron chi connectivity index (χ3n) is 1.86. The lowest BCUT2D eigenvalue weighted by atomic mass is 10.1. The number of aryl methyl sites for hydroxylation is 1. The molecule has 0 saturated carbocycles. The van der Waals surface area contributed by atoms with Crippen LogP contribution in [0.25, 0.3) is 0 Å². The lowest BCUT2D eigenvalue weighted by Gasteiger charge is -2.15. The molecule has 0 fully saturated rings. The van der Waals surface area contributed by atoms with E-state index in [1.54, 1.807) is 6.92 Å². The van der Waals surface area contributed by atoms with Crippen molar-refractivity contribution in [2.75, 3.05) is 0 Å². The highest BCUT2D eigenvalue weighted by Gasteiger charge is 2.39. The van der Waals surface area contributed by atoms with Gasteiger partial charge in [0.2, 0.25) is 0 Å². The van der Waals surface area contributed by atoms with Gasteiger partial charge in [0.25, 0.3) is 0 Å². The van der Waals surface area contributed by atoms with Gasteiger partial charge in [-0.15, -0.1) is 0 Å². The SMILES string of the molecule is Cc1ccc([C@H](O)C(F)(F)F)cc1O. The Balaban J connectivity index is 3.03. The van der Waals surface area contributed by atoms with Crippen LogP contribution in [0, 0.1) is 6.92 Å². The minimum Gasteiger partial charge on any atom is -0.508 e. The Morgan fingerprint density at radius 3 is 2.29 bits per heavy atom. The standard InChI is InChI=1S/C9H9F3O2/c1-5-2-3-6(4-7(5)13)8(14)9(10,11)12/h2-4,8,13-14H,1H3/t8-/m0/s1. The van der Waals surface area contributed by atoms with Gasteiger partial charge in [0.1, 0.15) is 5.75 Å². The highest BCUT2D eigenvalue weighted by molar-refractivity contribution is 5.36. The summed E-state index contributed by atoms with van der Waals surface area (Å²) in [6.45, 7) is 1.55. The van der Waals surface area contributed by atoms with Gasteiger partial charge in [0.15, 0.2) is 6.10 Å².